The van der Waals surface area contributed by atoms with Crippen molar-refractivity contribution in [2.45, 2.75) is 38.9 Å². The van der Waals surface area contributed by atoms with Crippen molar-refractivity contribution in [3.05, 3.63) is 34.9 Å². The average molecular weight is 443 g/mol. The number of halogens is 3. The molecule has 2 N–H and O–H groups in total. The Hall–Kier alpha value is -2.82. The summed E-state index contributed by atoms with van der Waals surface area (Å²) < 4.78 is 48.8. The van der Waals surface area contributed by atoms with Gasteiger partial charge in [-0.3, -0.25) is 9.69 Å². The van der Waals surface area contributed by atoms with Gasteiger partial charge in [0.1, 0.15) is 17.6 Å². The fourth-order valence-corrected chi connectivity index (χ4v) is 3.82. The van der Waals surface area contributed by atoms with Crippen LogP contribution in [0.4, 0.5) is 18.0 Å². The highest BCUT2D eigenvalue weighted by atomic mass is 19.4. The quantitative estimate of drug-likeness (QED) is 0.656. The van der Waals surface area contributed by atoms with E-state index in [1.54, 1.807) is 30.9 Å². The number of Topliss-reactive ketones (excluding diaryl/α,β-unsaturated/α-hetero) is 1. The molecular weight excluding hydrogens is 419 g/mol. The van der Waals surface area contributed by atoms with Crippen LogP contribution in [-0.4, -0.2) is 55.1 Å². The van der Waals surface area contributed by atoms with Crippen molar-refractivity contribution in [2.75, 3.05) is 26.2 Å². The number of rotatable bonds is 6. The second-order valence-electron chi connectivity index (χ2n) is 7.51. The van der Waals surface area contributed by atoms with Gasteiger partial charge in [0.2, 0.25) is 5.78 Å². The molecule has 1 fully saturated rings. The molecule has 2 aliphatic heterocycles. The molecule has 8 nitrogen and oxygen atoms in total. The number of nitrogens with one attached hydrogen (secondary N) is 2. The first-order valence-electron chi connectivity index (χ1n) is 9.97. The van der Waals surface area contributed by atoms with Gasteiger partial charge in [-0.25, -0.2) is 9.59 Å². The molecule has 3 heterocycles. The number of ketones is 1. The number of hydrogen-bond donors (Lipinski definition) is 2. The predicted octanol–water partition coefficient (Wildman–Crippen LogP) is 2.60. The van der Waals surface area contributed by atoms with E-state index in [1.807, 2.05) is 0 Å². The Morgan fingerprint density at radius 2 is 1.94 bits per heavy atom. The second-order valence-corrected chi connectivity index (χ2v) is 7.51. The summed E-state index contributed by atoms with van der Waals surface area (Å²) in [5.74, 6) is -2.45. The number of amides is 2. The third-order valence-corrected chi connectivity index (χ3v) is 5.31. The third kappa shape index (κ3) is 5.27. The summed E-state index contributed by atoms with van der Waals surface area (Å²) in [6.45, 7) is 4.07. The Labute approximate surface area is 176 Å². The van der Waals surface area contributed by atoms with Gasteiger partial charge in [0.25, 0.3) is 0 Å². The standard InChI is InChI=1S/C20H24F3N3O5/c1-3-30-18(28)15-13(24-19(29)25-16(15)14-5-4-11(2)31-14)10-26-8-6-12(7-9-26)17(27)20(21,22)23/h4-5,12,16H,3,6-10H2,1-2H3,(H2,24,25,29)/t16-/m0/s1. The number of hydrogen-bond acceptors (Lipinski definition) is 6. The van der Waals surface area contributed by atoms with Crippen LogP contribution in [0.2, 0.25) is 0 Å². The molecule has 0 saturated carbocycles. The number of nitrogens with zero attached hydrogens (tertiary/aromatic N) is 1. The van der Waals surface area contributed by atoms with E-state index in [4.69, 9.17) is 9.15 Å². The average Bonchev–Trinajstić information content (AvgIpc) is 3.13. The lowest BCUT2D eigenvalue weighted by Gasteiger charge is -2.34. The number of esters is 1. The highest BCUT2D eigenvalue weighted by Crippen LogP contribution is 2.31. The minimum atomic E-state index is -4.84. The number of alkyl halides is 3. The van der Waals surface area contributed by atoms with E-state index < -0.39 is 35.9 Å². The van der Waals surface area contributed by atoms with Gasteiger partial charge >= 0.3 is 18.2 Å². The van der Waals surface area contributed by atoms with Crippen LogP contribution in [0.1, 0.15) is 37.3 Å². The summed E-state index contributed by atoms with van der Waals surface area (Å²) in [7, 11) is 0. The zero-order chi connectivity index (χ0) is 22.8. The fourth-order valence-electron chi connectivity index (χ4n) is 3.82. The van der Waals surface area contributed by atoms with Gasteiger partial charge in [-0.1, -0.05) is 0 Å². The molecule has 170 valence electrons. The highest BCUT2D eigenvalue weighted by molar-refractivity contribution is 5.95. The number of likely N-dealkylation sites (tertiary alicyclic amines) is 1. The number of ether oxygens (including phenoxy) is 1. The lowest BCUT2D eigenvalue weighted by molar-refractivity contribution is -0.176. The number of furan rings is 1. The van der Waals surface area contributed by atoms with Gasteiger partial charge in [-0.15, -0.1) is 0 Å². The lowest BCUT2D eigenvalue weighted by Crippen LogP contribution is -2.49. The molecule has 3 rings (SSSR count). The molecule has 2 aliphatic rings. The zero-order valence-corrected chi connectivity index (χ0v) is 17.2. The van der Waals surface area contributed by atoms with Gasteiger partial charge in [-0.05, 0) is 51.9 Å². The van der Waals surface area contributed by atoms with E-state index in [0.29, 0.717) is 17.2 Å². The maximum absolute atomic E-state index is 12.7. The van der Waals surface area contributed by atoms with Crippen LogP contribution in [-0.2, 0) is 14.3 Å². The van der Waals surface area contributed by atoms with E-state index in [9.17, 15) is 27.6 Å². The molecule has 0 radical (unpaired) electrons. The van der Waals surface area contributed by atoms with Crippen LogP contribution in [0, 0.1) is 12.8 Å². The van der Waals surface area contributed by atoms with Crippen molar-refractivity contribution in [3.8, 4) is 0 Å². The predicted molar refractivity (Wildman–Crippen MR) is 102 cm³/mol. The number of aryl methyl sites for hydroxylation is 1. The van der Waals surface area contributed by atoms with Crippen LogP contribution in [0.5, 0.6) is 0 Å². The summed E-state index contributed by atoms with van der Waals surface area (Å²) in [4.78, 5) is 38.2. The molecule has 2 amide bonds. The first-order valence-corrected chi connectivity index (χ1v) is 9.97. The maximum atomic E-state index is 12.7. The first kappa shape index (κ1) is 22.9. The van der Waals surface area contributed by atoms with Crippen LogP contribution in [0.3, 0.4) is 0 Å². The monoisotopic (exact) mass is 443 g/mol. The Morgan fingerprint density at radius 3 is 2.48 bits per heavy atom. The molecule has 11 heteroatoms. The fraction of sp³-hybridized carbons (Fsp3) is 0.550. The Kier molecular flexibility index (Phi) is 6.73. The SMILES string of the molecule is CCOC(=O)C1=C(CN2CCC(C(=O)C(F)(F)F)CC2)NC(=O)N[C@H]1c1ccc(C)o1. The van der Waals surface area contributed by atoms with E-state index in [0.717, 1.165) is 0 Å². The summed E-state index contributed by atoms with van der Waals surface area (Å²) >= 11 is 0. The molecule has 1 aromatic heterocycles. The topological polar surface area (TPSA) is 101 Å². The first-order chi connectivity index (χ1) is 14.6. The second kappa shape index (κ2) is 9.13. The van der Waals surface area contributed by atoms with E-state index in [2.05, 4.69) is 10.6 Å². The number of urea groups is 1. The molecule has 0 unspecified atom stereocenters. The van der Waals surface area contributed by atoms with Crippen molar-refractivity contribution in [2.24, 2.45) is 5.92 Å². The maximum Gasteiger partial charge on any atom is 0.450 e. The molecule has 0 aromatic carbocycles. The van der Waals surface area contributed by atoms with Gasteiger partial charge in [0.15, 0.2) is 0 Å². The summed E-state index contributed by atoms with van der Waals surface area (Å²) in [6.07, 6.45) is -4.75. The number of carbonyl (C=O) groups excluding carboxylic acids is 3. The van der Waals surface area contributed by atoms with Crippen LogP contribution in [0.25, 0.3) is 0 Å². The van der Waals surface area contributed by atoms with Crippen LogP contribution in [0.15, 0.2) is 27.8 Å². The van der Waals surface area contributed by atoms with Crippen molar-refractivity contribution >= 4 is 17.8 Å². The van der Waals surface area contributed by atoms with E-state index in [1.165, 1.54) is 0 Å². The Morgan fingerprint density at radius 1 is 1.26 bits per heavy atom. The summed E-state index contributed by atoms with van der Waals surface area (Å²) in [5.41, 5.74) is 0.464. The molecule has 0 spiro atoms. The summed E-state index contributed by atoms with van der Waals surface area (Å²) in [5, 5.41) is 5.27. The molecule has 0 aliphatic carbocycles. The minimum absolute atomic E-state index is 0.0490. The van der Waals surface area contributed by atoms with Crippen molar-refractivity contribution in [1.29, 1.82) is 0 Å². The smallest absolute Gasteiger partial charge is 0.450 e. The van der Waals surface area contributed by atoms with Crippen LogP contribution >= 0.6 is 0 Å². The normalized spacial score (nSPS) is 20.9. The van der Waals surface area contributed by atoms with Gasteiger partial charge < -0.3 is 19.8 Å². The Bertz CT molecular complexity index is 885. The third-order valence-electron chi connectivity index (χ3n) is 5.31. The molecular formula is C20H24F3N3O5. The minimum Gasteiger partial charge on any atom is -0.464 e. The molecule has 1 aromatic rings. The van der Waals surface area contributed by atoms with E-state index >= 15 is 0 Å². The van der Waals surface area contributed by atoms with Crippen molar-refractivity contribution in [3.63, 3.8) is 0 Å². The largest absolute Gasteiger partial charge is 0.464 e. The Balaban J connectivity index is 1.81. The molecule has 1 atom stereocenters. The zero-order valence-electron chi connectivity index (χ0n) is 17.2. The molecule has 31 heavy (non-hydrogen) atoms. The number of carbonyl (C=O) groups is 3. The van der Waals surface area contributed by atoms with E-state index in [-0.39, 0.29) is 44.7 Å². The molecule has 0 bridgehead atoms. The van der Waals surface area contributed by atoms with Crippen molar-refractivity contribution < 1.29 is 36.7 Å². The van der Waals surface area contributed by atoms with Gasteiger partial charge in [-0.2, -0.15) is 13.2 Å². The highest BCUT2D eigenvalue weighted by Gasteiger charge is 2.44. The van der Waals surface area contributed by atoms with Gasteiger partial charge in [0, 0.05) is 18.2 Å². The lowest BCUT2D eigenvalue weighted by atomic mass is 9.91. The van der Waals surface area contributed by atoms with Gasteiger partial charge in [0.05, 0.1) is 12.2 Å². The van der Waals surface area contributed by atoms with Crippen molar-refractivity contribution in [1.82, 2.24) is 15.5 Å². The van der Waals surface area contributed by atoms with Crippen LogP contribution < -0.4 is 10.6 Å². The summed E-state index contributed by atoms with van der Waals surface area (Å²) in [6, 6.07) is 1.95. The number of piperidine rings is 1. The molecule has 1 saturated heterocycles.